The first kappa shape index (κ1) is 22.0. The van der Waals surface area contributed by atoms with Crippen LogP contribution in [0.25, 0.3) is 6.08 Å². The minimum absolute atomic E-state index is 0.0522. The summed E-state index contributed by atoms with van der Waals surface area (Å²) in [7, 11) is 0. The van der Waals surface area contributed by atoms with Crippen molar-refractivity contribution in [2.24, 2.45) is 0 Å². The number of carbonyl (C=O) groups excluding carboxylic acids is 2. The molecule has 1 N–H and O–H groups in total. The third-order valence-corrected chi connectivity index (χ3v) is 5.28. The first-order valence-electron chi connectivity index (χ1n) is 9.84. The second kappa shape index (κ2) is 9.87. The minimum Gasteiger partial charge on any atom is -0.334 e. The molecule has 1 aliphatic rings. The van der Waals surface area contributed by atoms with Gasteiger partial charge in [-0.3, -0.25) is 14.5 Å². The summed E-state index contributed by atoms with van der Waals surface area (Å²) >= 11 is 6.01. The van der Waals surface area contributed by atoms with Crippen LogP contribution in [0.5, 0.6) is 0 Å². The number of hydrogen-bond donors (Lipinski definition) is 1. The Morgan fingerprint density at radius 1 is 1.20 bits per heavy atom. The Morgan fingerprint density at radius 2 is 1.93 bits per heavy atom. The molecule has 1 aliphatic heterocycles. The molecule has 1 atom stereocenters. The van der Waals surface area contributed by atoms with E-state index in [1.54, 1.807) is 36.4 Å². The maximum absolute atomic E-state index is 13.1. The van der Waals surface area contributed by atoms with Crippen molar-refractivity contribution < 1.29 is 14.0 Å². The van der Waals surface area contributed by atoms with E-state index in [9.17, 15) is 14.0 Å². The highest BCUT2D eigenvalue weighted by molar-refractivity contribution is 6.31. The van der Waals surface area contributed by atoms with Gasteiger partial charge in [0.2, 0.25) is 11.8 Å². The molecule has 5 nitrogen and oxygen atoms in total. The van der Waals surface area contributed by atoms with Crippen molar-refractivity contribution in [1.29, 1.82) is 0 Å². The lowest BCUT2D eigenvalue weighted by molar-refractivity contribution is -0.130. The maximum atomic E-state index is 13.1. The molecule has 0 saturated carbocycles. The molecule has 0 spiro atoms. The van der Waals surface area contributed by atoms with Crippen molar-refractivity contribution in [3.05, 3.63) is 70.5 Å². The normalized spacial score (nSPS) is 17.3. The quantitative estimate of drug-likeness (QED) is 0.725. The molecule has 3 rings (SSSR count). The summed E-state index contributed by atoms with van der Waals surface area (Å²) in [5.41, 5.74) is 2.33. The predicted molar refractivity (Wildman–Crippen MR) is 118 cm³/mol. The van der Waals surface area contributed by atoms with Crippen molar-refractivity contribution >= 4 is 35.2 Å². The van der Waals surface area contributed by atoms with Gasteiger partial charge in [-0.1, -0.05) is 29.8 Å². The van der Waals surface area contributed by atoms with Gasteiger partial charge in [0, 0.05) is 55.9 Å². The highest BCUT2D eigenvalue weighted by Gasteiger charge is 2.26. The fraction of sp³-hybridized carbons (Fsp3) is 0.304. The average Bonchev–Trinajstić information content (AvgIpc) is 2.68. The second-order valence-corrected chi connectivity index (χ2v) is 7.92. The zero-order chi connectivity index (χ0) is 21.7. The number of rotatable bonds is 5. The lowest BCUT2D eigenvalue weighted by Gasteiger charge is -2.39. The van der Waals surface area contributed by atoms with Gasteiger partial charge < -0.3 is 10.2 Å². The van der Waals surface area contributed by atoms with Crippen molar-refractivity contribution in [2.45, 2.75) is 26.4 Å². The molecule has 1 unspecified atom stereocenters. The topological polar surface area (TPSA) is 52.7 Å². The second-order valence-electron chi connectivity index (χ2n) is 7.49. The molecule has 158 valence electrons. The monoisotopic (exact) mass is 429 g/mol. The largest absolute Gasteiger partial charge is 0.334 e. The highest BCUT2D eigenvalue weighted by Crippen LogP contribution is 2.23. The Hall–Kier alpha value is -2.70. The third kappa shape index (κ3) is 5.90. The third-order valence-electron chi connectivity index (χ3n) is 5.05. The fourth-order valence-corrected chi connectivity index (χ4v) is 3.75. The summed E-state index contributed by atoms with van der Waals surface area (Å²) in [6.07, 6.45) is 3.22. The van der Waals surface area contributed by atoms with Crippen LogP contribution in [-0.2, 0) is 16.1 Å². The lowest BCUT2D eigenvalue weighted by atomic mass is 10.1. The van der Waals surface area contributed by atoms with Gasteiger partial charge >= 0.3 is 0 Å². The zero-order valence-electron chi connectivity index (χ0n) is 17.1. The van der Waals surface area contributed by atoms with Crippen LogP contribution in [0.4, 0.5) is 10.1 Å². The molecular formula is C23H25ClFN3O2. The average molecular weight is 430 g/mol. The Morgan fingerprint density at radius 3 is 2.60 bits per heavy atom. The molecule has 2 amide bonds. The number of benzene rings is 2. The number of piperazine rings is 1. The standard InChI is InChI=1S/C23H25ClFN3O2/c1-16-14-27(15-18-3-8-21(25)9-4-18)11-12-28(16)23(30)10-6-19-5-7-20(24)13-22(19)26-17(2)29/h3-10,13,16H,11-12,14-15H2,1-2H3,(H,26,29)/b10-6+. The number of nitrogens with zero attached hydrogens (tertiary/aromatic N) is 2. The van der Waals surface area contributed by atoms with E-state index < -0.39 is 0 Å². The number of nitrogens with one attached hydrogen (secondary N) is 1. The van der Waals surface area contributed by atoms with Gasteiger partial charge in [-0.25, -0.2) is 4.39 Å². The maximum Gasteiger partial charge on any atom is 0.246 e. The number of amides is 2. The van der Waals surface area contributed by atoms with E-state index in [0.717, 1.165) is 25.2 Å². The van der Waals surface area contributed by atoms with Crippen molar-refractivity contribution in [1.82, 2.24) is 9.80 Å². The van der Waals surface area contributed by atoms with E-state index in [4.69, 9.17) is 11.6 Å². The Labute approximate surface area is 181 Å². The number of carbonyl (C=O) groups is 2. The number of halogens is 2. The SMILES string of the molecule is CC(=O)Nc1cc(Cl)ccc1/C=C/C(=O)N1CCN(Cc2ccc(F)cc2)CC1C. The molecule has 0 aliphatic carbocycles. The molecule has 1 saturated heterocycles. The Kier molecular flexibility index (Phi) is 7.24. The fourth-order valence-electron chi connectivity index (χ4n) is 3.58. The Balaban J connectivity index is 1.61. The molecule has 7 heteroatoms. The molecule has 1 fully saturated rings. The molecule has 2 aromatic carbocycles. The summed E-state index contributed by atoms with van der Waals surface area (Å²) in [6.45, 7) is 6.28. The van der Waals surface area contributed by atoms with E-state index in [2.05, 4.69) is 10.2 Å². The molecular weight excluding hydrogens is 405 g/mol. The van der Waals surface area contributed by atoms with Gasteiger partial charge in [-0.15, -0.1) is 0 Å². The smallest absolute Gasteiger partial charge is 0.246 e. The van der Waals surface area contributed by atoms with E-state index in [-0.39, 0.29) is 23.7 Å². The molecule has 0 aromatic heterocycles. The van der Waals surface area contributed by atoms with Crippen LogP contribution in [0.2, 0.25) is 5.02 Å². The van der Waals surface area contributed by atoms with Gasteiger partial charge in [0.05, 0.1) is 0 Å². The van der Waals surface area contributed by atoms with Crippen molar-refractivity contribution in [3.63, 3.8) is 0 Å². The van der Waals surface area contributed by atoms with Gasteiger partial charge in [-0.2, -0.15) is 0 Å². The van der Waals surface area contributed by atoms with Crippen LogP contribution < -0.4 is 5.32 Å². The van der Waals surface area contributed by atoms with Crippen LogP contribution in [0, 0.1) is 5.82 Å². The Bertz CT molecular complexity index is 946. The van der Waals surface area contributed by atoms with Crippen LogP contribution in [0.1, 0.15) is 25.0 Å². The van der Waals surface area contributed by atoms with Gasteiger partial charge in [0.25, 0.3) is 0 Å². The summed E-state index contributed by atoms with van der Waals surface area (Å²) in [5, 5.41) is 3.24. The van der Waals surface area contributed by atoms with Crippen LogP contribution in [0.15, 0.2) is 48.5 Å². The predicted octanol–water partition coefficient (Wildman–Crippen LogP) is 4.18. The van der Waals surface area contributed by atoms with Crippen molar-refractivity contribution in [3.8, 4) is 0 Å². The summed E-state index contributed by atoms with van der Waals surface area (Å²) < 4.78 is 13.1. The summed E-state index contributed by atoms with van der Waals surface area (Å²) in [6, 6.07) is 11.7. The minimum atomic E-state index is -0.239. The number of hydrogen-bond acceptors (Lipinski definition) is 3. The first-order valence-corrected chi connectivity index (χ1v) is 10.2. The number of anilines is 1. The van der Waals surface area contributed by atoms with Gasteiger partial charge in [-0.05, 0) is 48.4 Å². The van der Waals surface area contributed by atoms with E-state index in [0.29, 0.717) is 22.8 Å². The van der Waals surface area contributed by atoms with E-state index in [1.807, 2.05) is 11.8 Å². The molecule has 30 heavy (non-hydrogen) atoms. The molecule has 0 radical (unpaired) electrons. The van der Waals surface area contributed by atoms with Gasteiger partial charge in [0.15, 0.2) is 0 Å². The molecule has 0 bridgehead atoms. The van der Waals surface area contributed by atoms with Crippen LogP contribution in [-0.4, -0.2) is 47.3 Å². The summed E-state index contributed by atoms with van der Waals surface area (Å²) in [4.78, 5) is 28.3. The van der Waals surface area contributed by atoms with Crippen LogP contribution in [0.3, 0.4) is 0 Å². The summed E-state index contributed by atoms with van der Waals surface area (Å²) in [5.74, 6) is -0.520. The molecule has 2 aromatic rings. The van der Waals surface area contributed by atoms with Crippen molar-refractivity contribution in [2.75, 3.05) is 25.0 Å². The van der Waals surface area contributed by atoms with Gasteiger partial charge in [0.1, 0.15) is 5.82 Å². The first-order chi connectivity index (χ1) is 14.3. The molecule has 1 heterocycles. The zero-order valence-corrected chi connectivity index (χ0v) is 17.8. The van der Waals surface area contributed by atoms with Crippen LogP contribution >= 0.6 is 11.6 Å². The highest BCUT2D eigenvalue weighted by atomic mass is 35.5. The van der Waals surface area contributed by atoms with E-state index in [1.165, 1.54) is 25.1 Å². The van der Waals surface area contributed by atoms with E-state index >= 15 is 0 Å². The lowest BCUT2D eigenvalue weighted by Crippen LogP contribution is -2.53.